The van der Waals surface area contributed by atoms with Gasteiger partial charge in [-0.1, -0.05) is 30.3 Å². The topological polar surface area (TPSA) is 129 Å². The number of nitrogens with zero attached hydrogens (tertiary/aromatic N) is 4. The fraction of sp³-hybridized carbons (Fsp3) is 0.438. The average molecular weight is 551 g/mol. The van der Waals surface area contributed by atoms with E-state index in [0.717, 1.165) is 75.0 Å². The van der Waals surface area contributed by atoms with Crippen molar-refractivity contribution in [1.82, 2.24) is 19.7 Å². The van der Waals surface area contributed by atoms with Crippen LogP contribution >= 0.6 is 0 Å². The summed E-state index contributed by atoms with van der Waals surface area (Å²) < 4.78 is 7.29. The number of hydrogen-bond acceptors (Lipinski definition) is 8. The van der Waals surface area contributed by atoms with E-state index in [-0.39, 0.29) is 17.4 Å². The lowest BCUT2D eigenvalue weighted by Crippen LogP contribution is -2.47. The van der Waals surface area contributed by atoms with E-state index in [0.29, 0.717) is 17.7 Å². The number of benzene rings is 2. The molecule has 0 radical (unpaired) electrons. The Balaban J connectivity index is 1.03. The molecule has 2 unspecified atom stereocenters. The molecular formula is C32H38N8O. The van der Waals surface area contributed by atoms with Crippen molar-refractivity contribution in [3.63, 3.8) is 0 Å². The molecule has 3 heterocycles. The number of allylic oxidation sites excluding steroid dienone is 2. The van der Waals surface area contributed by atoms with Crippen molar-refractivity contribution in [2.45, 2.75) is 69.4 Å². The van der Waals surface area contributed by atoms with Crippen molar-refractivity contribution in [2.75, 3.05) is 30.7 Å². The van der Waals surface area contributed by atoms with Crippen LogP contribution in [0.25, 0.3) is 0 Å². The third-order valence-electron chi connectivity index (χ3n) is 9.46. The Morgan fingerprint density at radius 3 is 2.68 bits per heavy atom. The summed E-state index contributed by atoms with van der Waals surface area (Å²) >= 11 is 0. The second-order valence-corrected chi connectivity index (χ2v) is 12.0. The molecule has 2 atom stereocenters. The van der Waals surface area contributed by atoms with Crippen LogP contribution in [0.1, 0.15) is 60.8 Å². The second kappa shape index (κ2) is 10.5. The van der Waals surface area contributed by atoms with Crippen LogP contribution in [0.15, 0.2) is 54.1 Å². The second-order valence-electron chi connectivity index (χ2n) is 12.0. The van der Waals surface area contributed by atoms with E-state index in [1.165, 1.54) is 40.6 Å². The van der Waals surface area contributed by atoms with Crippen molar-refractivity contribution >= 4 is 29.1 Å². The van der Waals surface area contributed by atoms with Crippen LogP contribution in [-0.2, 0) is 24.0 Å². The Hall–Kier alpha value is -3.82. The molecule has 0 amide bonds. The summed E-state index contributed by atoms with van der Waals surface area (Å²) in [5.74, 6) is 0.610. The normalized spacial score (nSPS) is 25.3. The maximum absolute atomic E-state index is 8.75. The minimum Gasteiger partial charge on any atom is -0.373 e. The summed E-state index contributed by atoms with van der Waals surface area (Å²) in [6.45, 7) is 3.18. The number of anilines is 3. The molecule has 41 heavy (non-hydrogen) atoms. The van der Waals surface area contributed by atoms with E-state index in [9.17, 15) is 0 Å². The molecule has 5 N–H and O–H groups in total. The Bertz CT molecular complexity index is 1530. The van der Waals surface area contributed by atoms with Gasteiger partial charge in [0.15, 0.2) is 0 Å². The van der Waals surface area contributed by atoms with Crippen LogP contribution in [0.5, 0.6) is 0 Å². The molecule has 2 fully saturated rings. The standard InChI is InChI=1S/C32H38N8O/c33-28(19-24-6-3-5-22-4-1-2-7-27(22)29(24)34)40-30(35)37-31(38-40)36-25-11-8-21-9-12-26(13-10-23(21)18-25)39-16-14-32(20-39)15-17-41-32/h1-2,4,7-8,11,18-19,26,33-34H,3,5-6,9-10,12-17,20H2,(H3,35,36,37,38)/b24-19-,33-28?,34-29?. The smallest absolute Gasteiger partial charge is 0.248 e. The van der Waals surface area contributed by atoms with Gasteiger partial charge in [0, 0.05) is 36.8 Å². The van der Waals surface area contributed by atoms with Crippen molar-refractivity contribution in [2.24, 2.45) is 0 Å². The highest BCUT2D eigenvalue weighted by molar-refractivity contribution is 6.14. The van der Waals surface area contributed by atoms with Crippen molar-refractivity contribution in [3.05, 3.63) is 76.4 Å². The molecule has 0 bridgehead atoms. The summed E-state index contributed by atoms with van der Waals surface area (Å²) in [4.78, 5) is 7.06. The molecule has 2 aliphatic carbocycles. The first-order valence-electron chi connectivity index (χ1n) is 14.9. The molecular weight excluding hydrogens is 512 g/mol. The predicted molar refractivity (Wildman–Crippen MR) is 161 cm³/mol. The van der Waals surface area contributed by atoms with E-state index < -0.39 is 0 Å². The maximum atomic E-state index is 8.75. The third kappa shape index (κ3) is 5.08. The zero-order valence-corrected chi connectivity index (χ0v) is 23.5. The van der Waals surface area contributed by atoms with Crippen LogP contribution in [0, 0.1) is 10.8 Å². The molecule has 9 heteroatoms. The summed E-state index contributed by atoms with van der Waals surface area (Å²) in [5.41, 5.74) is 13.5. The molecule has 212 valence electrons. The van der Waals surface area contributed by atoms with Gasteiger partial charge in [-0.25, -0.2) is 0 Å². The maximum Gasteiger partial charge on any atom is 0.248 e. The van der Waals surface area contributed by atoms with E-state index in [4.69, 9.17) is 21.3 Å². The molecule has 7 rings (SSSR count). The Morgan fingerprint density at radius 1 is 1.05 bits per heavy atom. The Labute approximate surface area is 240 Å². The van der Waals surface area contributed by atoms with Crippen LogP contribution in [0.3, 0.4) is 0 Å². The monoisotopic (exact) mass is 550 g/mol. The van der Waals surface area contributed by atoms with E-state index >= 15 is 0 Å². The Kier molecular flexibility index (Phi) is 6.71. The fourth-order valence-electron chi connectivity index (χ4n) is 7.04. The van der Waals surface area contributed by atoms with Crippen molar-refractivity contribution in [3.8, 4) is 0 Å². The first-order chi connectivity index (χ1) is 20.0. The lowest BCUT2D eigenvalue weighted by molar-refractivity contribution is -0.138. The number of nitrogens with two attached hydrogens (primary N) is 1. The molecule has 0 saturated carbocycles. The van der Waals surface area contributed by atoms with Gasteiger partial charge in [0.1, 0.15) is 5.84 Å². The number of nitrogen functional groups attached to an aromatic ring is 1. The minimum atomic E-state index is 0.103. The van der Waals surface area contributed by atoms with Gasteiger partial charge in [0.2, 0.25) is 11.9 Å². The quantitative estimate of drug-likeness (QED) is 0.208. The molecule has 2 aliphatic heterocycles. The number of aryl methyl sites for hydroxylation is 3. The molecule has 3 aromatic rings. The first kappa shape index (κ1) is 26.1. The summed E-state index contributed by atoms with van der Waals surface area (Å²) in [6, 6.07) is 15.2. The zero-order valence-electron chi connectivity index (χ0n) is 23.5. The van der Waals surface area contributed by atoms with E-state index in [1.54, 1.807) is 6.08 Å². The molecule has 2 aromatic carbocycles. The molecule has 2 saturated heterocycles. The Morgan fingerprint density at radius 2 is 1.88 bits per heavy atom. The number of aromatic nitrogens is 3. The van der Waals surface area contributed by atoms with E-state index in [1.807, 2.05) is 18.2 Å². The molecule has 4 aliphatic rings. The number of likely N-dealkylation sites (tertiary alicyclic amines) is 1. The largest absolute Gasteiger partial charge is 0.373 e. The van der Waals surface area contributed by atoms with Gasteiger partial charge < -0.3 is 15.8 Å². The molecule has 1 spiro atoms. The van der Waals surface area contributed by atoms with Gasteiger partial charge >= 0.3 is 0 Å². The van der Waals surface area contributed by atoms with Gasteiger partial charge in [-0.2, -0.15) is 9.67 Å². The summed E-state index contributed by atoms with van der Waals surface area (Å²) in [7, 11) is 0. The highest BCUT2D eigenvalue weighted by Gasteiger charge is 2.45. The van der Waals surface area contributed by atoms with Crippen LogP contribution in [-0.4, -0.2) is 62.6 Å². The predicted octanol–water partition coefficient (Wildman–Crippen LogP) is 4.87. The van der Waals surface area contributed by atoms with Crippen LogP contribution < -0.4 is 11.1 Å². The highest BCUT2D eigenvalue weighted by Crippen LogP contribution is 2.38. The van der Waals surface area contributed by atoms with Crippen LogP contribution in [0.4, 0.5) is 17.6 Å². The number of ether oxygens (including phenoxy) is 1. The summed E-state index contributed by atoms with van der Waals surface area (Å²) in [6.07, 6.45) is 11.2. The molecule has 9 nitrogen and oxygen atoms in total. The zero-order chi connectivity index (χ0) is 28.0. The lowest BCUT2D eigenvalue weighted by Gasteiger charge is -2.39. The summed E-state index contributed by atoms with van der Waals surface area (Å²) in [5, 5.41) is 25.2. The average Bonchev–Trinajstić information content (AvgIpc) is 3.46. The number of rotatable bonds is 4. The van der Waals surface area contributed by atoms with Crippen LogP contribution in [0.2, 0.25) is 0 Å². The number of hydrogen-bond donors (Lipinski definition) is 4. The van der Waals surface area contributed by atoms with Gasteiger partial charge in [0.25, 0.3) is 0 Å². The minimum absolute atomic E-state index is 0.103. The highest BCUT2D eigenvalue weighted by atomic mass is 16.5. The lowest BCUT2D eigenvalue weighted by atomic mass is 9.94. The van der Waals surface area contributed by atoms with E-state index in [2.05, 4.69) is 44.6 Å². The number of nitrogens with one attached hydrogen (secondary N) is 3. The fourth-order valence-corrected chi connectivity index (χ4v) is 7.04. The third-order valence-corrected chi connectivity index (χ3v) is 9.46. The van der Waals surface area contributed by atoms with Gasteiger partial charge in [-0.3, -0.25) is 15.7 Å². The van der Waals surface area contributed by atoms with Crippen molar-refractivity contribution < 1.29 is 4.74 Å². The van der Waals surface area contributed by atoms with Gasteiger partial charge in [-0.05, 0) is 91.8 Å². The van der Waals surface area contributed by atoms with Gasteiger partial charge in [-0.15, -0.1) is 5.10 Å². The first-order valence-corrected chi connectivity index (χ1v) is 14.9. The SMILES string of the molecule is N=C1/C(=C\C(=N)n2nc(Nc3ccc4c(c3)CCC(N3CCC5(CCO5)C3)CC4)nc2N)CCCc2ccccc21. The van der Waals surface area contributed by atoms with Gasteiger partial charge in [0.05, 0.1) is 17.9 Å². The number of fused-ring (bicyclic) bond motifs is 2. The molecule has 1 aromatic heterocycles. The van der Waals surface area contributed by atoms with Crippen molar-refractivity contribution in [1.29, 1.82) is 10.8 Å².